The van der Waals surface area contributed by atoms with Gasteiger partial charge in [-0.2, -0.15) is 0 Å². The smallest absolute Gasteiger partial charge is 0.237 e. The summed E-state index contributed by atoms with van der Waals surface area (Å²) in [6.45, 7) is 1.62. The van der Waals surface area contributed by atoms with E-state index >= 15 is 0 Å². The van der Waals surface area contributed by atoms with Gasteiger partial charge in [-0.05, 0) is 48.4 Å². The fraction of sp³-hybridized carbons (Fsp3) is 0.450. The van der Waals surface area contributed by atoms with Crippen LogP contribution in [-0.4, -0.2) is 43.7 Å². The molecular weight excluding hydrogens is 348 g/mol. The molecule has 2 aliphatic rings. The van der Waals surface area contributed by atoms with E-state index in [-0.39, 0.29) is 11.9 Å². The van der Waals surface area contributed by atoms with Crippen molar-refractivity contribution in [3.63, 3.8) is 0 Å². The first-order chi connectivity index (χ1) is 12.7. The van der Waals surface area contributed by atoms with Crippen molar-refractivity contribution in [1.29, 1.82) is 0 Å². The summed E-state index contributed by atoms with van der Waals surface area (Å²) in [5.74, 6) is 1.69. The Balaban J connectivity index is 1.47. The Kier molecular flexibility index (Phi) is 5.13. The maximum Gasteiger partial charge on any atom is 0.237 e. The minimum Gasteiger partial charge on any atom is -0.497 e. The number of methoxy groups -OCH3 is 1. The van der Waals surface area contributed by atoms with Crippen molar-refractivity contribution in [2.24, 2.45) is 0 Å². The van der Waals surface area contributed by atoms with Gasteiger partial charge < -0.3 is 19.7 Å². The minimum atomic E-state index is -0.0373. The highest BCUT2D eigenvalue weighted by Gasteiger charge is 2.33. The summed E-state index contributed by atoms with van der Waals surface area (Å²) >= 11 is 1.77. The molecule has 1 fully saturated rings. The normalized spacial score (nSPS) is 19.1. The molecule has 1 aliphatic carbocycles. The van der Waals surface area contributed by atoms with E-state index in [1.165, 1.54) is 23.3 Å². The molecule has 5 nitrogen and oxygen atoms in total. The minimum absolute atomic E-state index is 0.0373. The van der Waals surface area contributed by atoms with Gasteiger partial charge in [-0.1, -0.05) is 6.07 Å². The van der Waals surface area contributed by atoms with Crippen LogP contribution >= 0.6 is 11.3 Å². The van der Waals surface area contributed by atoms with Gasteiger partial charge in [0.15, 0.2) is 0 Å². The number of carbonyl (C=O) groups excluding carboxylic acids is 1. The largest absolute Gasteiger partial charge is 0.497 e. The maximum absolute atomic E-state index is 12.8. The Morgan fingerprint density at radius 2 is 2.15 bits per heavy atom. The number of thiophene rings is 1. The summed E-state index contributed by atoms with van der Waals surface area (Å²) in [7, 11) is 1.64. The highest BCUT2D eigenvalue weighted by atomic mass is 32.1. The molecule has 4 rings (SSSR count). The molecule has 1 saturated carbocycles. The number of ether oxygens (including phenoxy) is 2. The van der Waals surface area contributed by atoms with Gasteiger partial charge in [-0.25, -0.2) is 0 Å². The number of hydrogen-bond acceptors (Lipinski definition) is 5. The summed E-state index contributed by atoms with van der Waals surface area (Å²) in [4.78, 5) is 16.1. The van der Waals surface area contributed by atoms with Crippen LogP contribution in [0.15, 0.2) is 35.7 Å². The lowest BCUT2D eigenvalue weighted by atomic mass is 10.0. The molecule has 2 aromatic rings. The van der Waals surface area contributed by atoms with E-state index in [2.05, 4.69) is 16.8 Å². The molecule has 138 valence electrons. The van der Waals surface area contributed by atoms with Crippen LogP contribution in [0.3, 0.4) is 0 Å². The van der Waals surface area contributed by atoms with Crippen molar-refractivity contribution in [3.05, 3.63) is 46.2 Å². The molecular formula is C20H24N2O3S. The van der Waals surface area contributed by atoms with Gasteiger partial charge in [0.05, 0.1) is 19.7 Å². The third kappa shape index (κ3) is 3.86. The van der Waals surface area contributed by atoms with Crippen LogP contribution < -0.4 is 14.8 Å². The molecule has 1 aromatic heterocycles. The second kappa shape index (κ2) is 7.68. The standard InChI is InChI=1S/C20H24N2O3S/c1-24-15-3-2-4-16(11-15)25-13-18-17-8-10-26-19(17)7-9-22(18)20(23)12-21-14-5-6-14/h2-4,8,10-11,14,18,21H,5-7,9,12-13H2,1H3. The molecule has 1 aromatic carbocycles. The quantitative estimate of drug-likeness (QED) is 0.812. The highest BCUT2D eigenvalue weighted by molar-refractivity contribution is 7.10. The molecule has 0 saturated heterocycles. The van der Waals surface area contributed by atoms with E-state index in [4.69, 9.17) is 9.47 Å². The van der Waals surface area contributed by atoms with E-state index < -0.39 is 0 Å². The number of nitrogens with zero attached hydrogens (tertiary/aromatic N) is 1. The van der Waals surface area contributed by atoms with Crippen LogP contribution in [0.5, 0.6) is 11.5 Å². The molecule has 26 heavy (non-hydrogen) atoms. The fourth-order valence-corrected chi connectivity index (χ4v) is 4.29. The first-order valence-corrected chi connectivity index (χ1v) is 9.98. The number of carbonyl (C=O) groups is 1. The average molecular weight is 372 g/mol. The van der Waals surface area contributed by atoms with Crippen molar-refractivity contribution >= 4 is 17.2 Å². The van der Waals surface area contributed by atoms with Gasteiger partial charge in [-0.3, -0.25) is 4.79 Å². The van der Waals surface area contributed by atoms with Crippen LogP contribution in [0.2, 0.25) is 0 Å². The third-order valence-corrected chi connectivity index (χ3v) is 5.98. The highest BCUT2D eigenvalue weighted by Crippen LogP contribution is 2.34. The van der Waals surface area contributed by atoms with Crippen LogP contribution in [0.25, 0.3) is 0 Å². The Hall–Kier alpha value is -2.05. The summed E-state index contributed by atoms with van der Waals surface area (Å²) < 4.78 is 11.3. The molecule has 6 heteroatoms. The van der Waals surface area contributed by atoms with Crippen molar-refractivity contribution in [3.8, 4) is 11.5 Å². The number of fused-ring (bicyclic) bond motifs is 1. The third-order valence-electron chi connectivity index (χ3n) is 4.98. The lowest BCUT2D eigenvalue weighted by Crippen LogP contribution is -2.46. The Morgan fingerprint density at radius 1 is 1.31 bits per heavy atom. The van der Waals surface area contributed by atoms with Crippen LogP contribution in [-0.2, 0) is 11.2 Å². The summed E-state index contributed by atoms with van der Waals surface area (Å²) in [5.41, 5.74) is 1.23. The van der Waals surface area contributed by atoms with E-state index in [0.29, 0.717) is 19.2 Å². The van der Waals surface area contributed by atoms with Gasteiger partial charge in [0, 0.05) is 23.5 Å². The van der Waals surface area contributed by atoms with Gasteiger partial charge >= 0.3 is 0 Å². The summed E-state index contributed by atoms with van der Waals surface area (Å²) in [6, 6.07) is 10.2. The zero-order valence-electron chi connectivity index (χ0n) is 14.9. The Morgan fingerprint density at radius 3 is 2.96 bits per heavy atom. The second-order valence-electron chi connectivity index (χ2n) is 6.80. The number of rotatable bonds is 7. The fourth-order valence-electron chi connectivity index (χ4n) is 3.36. The average Bonchev–Trinajstić information content (AvgIpc) is 3.38. The van der Waals surface area contributed by atoms with Crippen molar-refractivity contribution in [2.75, 3.05) is 26.8 Å². The van der Waals surface area contributed by atoms with Crippen molar-refractivity contribution in [1.82, 2.24) is 10.2 Å². The van der Waals surface area contributed by atoms with E-state index in [1.54, 1.807) is 18.4 Å². The summed E-state index contributed by atoms with van der Waals surface area (Å²) in [5, 5.41) is 5.45. The molecule has 2 heterocycles. The van der Waals surface area contributed by atoms with Gasteiger partial charge in [0.1, 0.15) is 18.1 Å². The predicted molar refractivity (Wildman–Crippen MR) is 102 cm³/mol. The zero-order valence-corrected chi connectivity index (χ0v) is 15.8. The SMILES string of the molecule is COc1cccc(OCC2c3ccsc3CCN2C(=O)CNC2CC2)c1. The second-order valence-corrected chi connectivity index (χ2v) is 7.80. The van der Waals surface area contributed by atoms with Crippen LogP contribution in [0, 0.1) is 0 Å². The van der Waals surface area contributed by atoms with Gasteiger partial charge in [-0.15, -0.1) is 11.3 Å². The maximum atomic E-state index is 12.8. The predicted octanol–water partition coefficient (Wildman–Crippen LogP) is 3.01. The van der Waals surface area contributed by atoms with Crippen LogP contribution in [0.1, 0.15) is 29.3 Å². The van der Waals surface area contributed by atoms with E-state index in [0.717, 1.165) is 24.5 Å². The zero-order chi connectivity index (χ0) is 17.9. The summed E-state index contributed by atoms with van der Waals surface area (Å²) in [6.07, 6.45) is 3.30. The molecule has 0 bridgehead atoms. The van der Waals surface area contributed by atoms with Crippen molar-refractivity contribution < 1.29 is 14.3 Å². The van der Waals surface area contributed by atoms with Crippen LogP contribution in [0.4, 0.5) is 0 Å². The van der Waals surface area contributed by atoms with Gasteiger partial charge in [0.25, 0.3) is 0 Å². The topological polar surface area (TPSA) is 50.8 Å². The Labute approximate surface area is 157 Å². The Bertz CT molecular complexity index is 772. The first kappa shape index (κ1) is 17.4. The number of hydrogen-bond donors (Lipinski definition) is 1. The first-order valence-electron chi connectivity index (χ1n) is 9.10. The molecule has 1 unspecified atom stereocenters. The molecule has 0 spiro atoms. The number of nitrogens with one attached hydrogen (secondary N) is 1. The molecule has 1 N–H and O–H groups in total. The molecule has 1 atom stereocenters. The number of amides is 1. The lowest BCUT2D eigenvalue weighted by molar-refractivity contribution is -0.133. The van der Waals surface area contributed by atoms with E-state index in [1.807, 2.05) is 29.2 Å². The van der Waals surface area contributed by atoms with Crippen molar-refractivity contribution in [2.45, 2.75) is 31.3 Å². The monoisotopic (exact) mass is 372 g/mol. The van der Waals surface area contributed by atoms with E-state index in [9.17, 15) is 4.79 Å². The molecule has 1 aliphatic heterocycles. The lowest BCUT2D eigenvalue weighted by Gasteiger charge is -2.36. The number of benzene rings is 1. The molecule has 1 amide bonds. The molecule has 0 radical (unpaired) electrons. The van der Waals surface area contributed by atoms with Gasteiger partial charge in [0.2, 0.25) is 5.91 Å².